The van der Waals surface area contributed by atoms with E-state index in [4.69, 9.17) is 9.51 Å². The number of fused-ring (bicyclic) bond motifs is 1. The summed E-state index contributed by atoms with van der Waals surface area (Å²) >= 11 is 0. The Morgan fingerprint density at radius 1 is 1.00 bits per heavy atom. The number of nitrogens with zero attached hydrogens (tertiary/aromatic N) is 2. The Hall–Kier alpha value is -3.47. The van der Waals surface area contributed by atoms with E-state index in [0.29, 0.717) is 17.1 Å². The summed E-state index contributed by atoms with van der Waals surface area (Å²) in [5.41, 5.74) is 4.19. The number of rotatable bonds is 3. The average Bonchev–Trinajstić information content (AvgIpc) is 3.05. The number of aryl methyl sites for hydroxylation is 2. The molecule has 1 amide bonds. The van der Waals surface area contributed by atoms with Gasteiger partial charge in [-0.2, -0.15) is 0 Å². The van der Waals surface area contributed by atoms with Gasteiger partial charge in [-0.15, -0.1) is 0 Å². The first-order valence-corrected chi connectivity index (χ1v) is 8.32. The summed E-state index contributed by atoms with van der Waals surface area (Å²) < 4.78 is 5.02. The monoisotopic (exact) mass is 343 g/mol. The standard InChI is InChI=1S/C21H17N3O2/c1-13-6-5-7-15(10-13)19-12-17(16-8-3-4-9-18(16)22-19)21(25)23-20-11-14(2)26-24-20/h3-12H,1-2H3,(H,23,24,25). The van der Waals surface area contributed by atoms with Gasteiger partial charge in [0.25, 0.3) is 5.91 Å². The molecular formula is C21H17N3O2. The number of para-hydroxylation sites is 1. The van der Waals surface area contributed by atoms with Crippen LogP contribution in [0.3, 0.4) is 0 Å². The zero-order chi connectivity index (χ0) is 18.1. The molecule has 0 saturated carbocycles. The lowest BCUT2D eigenvalue weighted by Gasteiger charge is -2.10. The summed E-state index contributed by atoms with van der Waals surface area (Å²) in [6, 6.07) is 19.2. The van der Waals surface area contributed by atoms with Gasteiger partial charge in [0, 0.05) is 17.0 Å². The molecule has 0 aliphatic heterocycles. The molecule has 4 aromatic rings. The molecule has 1 N–H and O–H groups in total. The topological polar surface area (TPSA) is 68.0 Å². The summed E-state index contributed by atoms with van der Waals surface area (Å²) in [6.45, 7) is 3.81. The molecule has 0 fully saturated rings. The van der Waals surface area contributed by atoms with Crippen LogP contribution < -0.4 is 5.32 Å². The number of hydrogen-bond acceptors (Lipinski definition) is 4. The molecule has 0 bridgehead atoms. The van der Waals surface area contributed by atoms with Crippen LogP contribution in [-0.4, -0.2) is 16.0 Å². The van der Waals surface area contributed by atoms with Gasteiger partial charge in [0.05, 0.1) is 16.8 Å². The molecule has 0 aliphatic rings. The summed E-state index contributed by atoms with van der Waals surface area (Å²) in [7, 11) is 0. The highest BCUT2D eigenvalue weighted by atomic mass is 16.5. The van der Waals surface area contributed by atoms with Crippen LogP contribution in [0, 0.1) is 13.8 Å². The van der Waals surface area contributed by atoms with Crippen molar-refractivity contribution in [1.82, 2.24) is 10.1 Å². The lowest BCUT2D eigenvalue weighted by atomic mass is 10.0. The van der Waals surface area contributed by atoms with E-state index in [-0.39, 0.29) is 5.91 Å². The summed E-state index contributed by atoms with van der Waals surface area (Å²) in [5.74, 6) is 0.789. The maximum absolute atomic E-state index is 12.9. The van der Waals surface area contributed by atoms with Crippen molar-refractivity contribution in [2.75, 3.05) is 5.32 Å². The van der Waals surface area contributed by atoms with E-state index in [1.807, 2.05) is 55.5 Å². The van der Waals surface area contributed by atoms with E-state index in [1.165, 1.54) is 0 Å². The molecule has 4 rings (SSSR count). The van der Waals surface area contributed by atoms with Crippen molar-refractivity contribution in [3.8, 4) is 11.3 Å². The predicted molar refractivity (Wildman–Crippen MR) is 101 cm³/mol. The third kappa shape index (κ3) is 3.07. The van der Waals surface area contributed by atoms with E-state index in [0.717, 1.165) is 27.7 Å². The molecule has 0 aliphatic carbocycles. The number of pyridine rings is 1. The van der Waals surface area contributed by atoms with Crippen LogP contribution in [0.15, 0.2) is 65.2 Å². The second-order valence-corrected chi connectivity index (χ2v) is 6.22. The molecule has 0 saturated heterocycles. The minimum atomic E-state index is -0.245. The fraction of sp³-hybridized carbons (Fsp3) is 0.0952. The second-order valence-electron chi connectivity index (χ2n) is 6.22. The molecule has 2 aromatic heterocycles. The molecule has 0 spiro atoms. The average molecular weight is 343 g/mol. The zero-order valence-corrected chi connectivity index (χ0v) is 14.5. The Labute approximate surface area is 150 Å². The molecule has 2 heterocycles. The van der Waals surface area contributed by atoms with E-state index in [1.54, 1.807) is 13.0 Å². The first-order chi connectivity index (χ1) is 12.6. The normalized spacial score (nSPS) is 10.8. The minimum absolute atomic E-state index is 0.245. The number of hydrogen-bond donors (Lipinski definition) is 1. The van der Waals surface area contributed by atoms with Crippen LogP contribution in [-0.2, 0) is 0 Å². The van der Waals surface area contributed by atoms with Crippen LogP contribution in [0.2, 0.25) is 0 Å². The smallest absolute Gasteiger partial charge is 0.257 e. The molecule has 5 nitrogen and oxygen atoms in total. The number of nitrogens with one attached hydrogen (secondary N) is 1. The van der Waals surface area contributed by atoms with Crippen molar-refractivity contribution in [2.24, 2.45) is 0 Å². The number of carbonyl (C=O) groups excluding carboxylic acids is 1. The van der Waals surface area contributed by atoms with Gasteiger partial charge in [-0.25, -0.2) is 4.98 Å². The van der Waals surface area contributed by atoms with Gasteiger partial charge in [-0.3, -0.25) is 4.79 Å². The van der Waals surface area contributed by atoms with Crippen molar-refractivity contribution in [3.05, 3.63) is 77.6 Å². The van der Waals surface area contributed by atoms with Crippen LogP contribution >= 0.6 is 0 Å². The first kappa shape index (κ1) is 16.0. The Balaban J connectivity index is 1.83. The summed E-state index contributed by atoms with van der Waals surface area (Å²) in [4.78, 5) is 17.6. The van der Waals surface area contributed by atoms with Crippen molar-refractivity contribution in [2.45, 2.75) is 13.8 Å². The van der Waals surface area contributed by atoms with E-state index >= 15 is 0 Å². The largest absolute Gasteiger partial charge is 0.360 e. The highest BCUT2D eigenvalue weighted by Crippen LogP contribution is 2.26. The van der Waals surface area contributed by atoms with Gasteiger partial charge >= 0.3 is 0 Å². The van der Waals surface area contributed by atoms with Crippen LogP contribution in [0.1, 0.15) is 21.7 Å². The van der Waals surface area contributed by atoms with Crippen molar-refractivity contribution >= 4 is 22.6 Å². The Morgan fingerprint density at radius 3 is 2.62 bits per heavy atom. The Kier molecular flexibility index (Phi) is 3.97. The number of amides is 1. The molecule has 2 aromatic carbocycles. The molecule has 0 unspecified atom stereocenters. The zero-order valence-electron chi connectivity index (χ0n) is 14.5. The highest BCUT2D eigenvalue weighted by molar-refractivity contribution is 6.12. The fourth-order valence-electron chi connectivity index (χ4n) is 2.92. The summed E-state index contributed by atoms with van der Waals surface area (Å²) in [6.07, 6.45) is 0. The van der Waals surface area contributed by atoms with Gasteiger partial charge in [0.1, 0.15) is 5.76 Å². The van der Waals surface area contributed by atoms with Crippen LogP contribution in [0.25, 0.3) is 22.2 Å². The third-order valence-corrected chi connectivity index (χ3v) is 4.14. The second kappa shape index (κ2) is 6.44. The van der Waals surface area contributed by atoms with Gasteiger partial charge in [-0.05, 0) is 32.0 Å². The Bertz CT molecular complexity index is 1120. The molecule has 5 heteroatoms. The maximum atomic E-state index is 12.9. The van der Waals surface area contributed by atoms with Gasteiger partial charge < -0.3 is 9.84 Å². The Morgan fingerprint density at radius 2 is 1.85 bits per heavy atom. The van der Waals surface area contributed by atoms with Gasteiger partial charge in [0.15, 0.2) is 5.82 Å². The number of benzene rings is 2. The van der Waals surface area contributed by atoms with Crippen molar-refractivity contribution in [3.63, 3.8) is 0 Å². The molecule has 26 heavy (non-hydrogen) atoms. The molecule has 0 atom stereocenters. The van der Waals surface area contributed by atoms with Gasteiger partial charge in [0.2, 0.25) is 0 Å². The highest BCUT2D eigenvalue weighted by Gasteiger charge is 2.15. The number of aromatic nitrogens is 2. The number of carbonyl (C=O) groups is 1. The van der Waals surface area contributed by atoms with E-state index in [2.05, 4.69) is 16.5 Å². The maximum Gasteiger partial charge on any atom is 0.257 e. The third-order valence-electron chi connectivity index (χ3n) is 4.14. The van der Waals surface area contributed by atoms with Crippen molar-refractivity contribution in [1.29, 1.82) is 0 Å². The molecular weight excluding hydrogens is 326 g/mol. The SMILES string of the molecule is Cc1cccc(-c2cc(C(=O)Nc3cc(C)on3)c3ccccc3n2)c1. The lowest BCUT2D eigenvalue weighted by Crippen LogP contribution is -2.13. The van der Waals surface area contributed by atoms with Crippen LogP contribution in [0.5, 0.6) is 0 Å². The first-order valence-electron chi connectivity index (χ1n) is 8.32. The number of anilines is 1. The molecule has 128 valence electrons. The summed E-state index contributed by atoms with van der Waals surface area (Å²) in [5, 5.41) is 7.41. The fourth-order valence-corrected chi connectivity index (χ4v) is 2.92. The van der Waals surface area contributed by atoms with Gasteiger partial charge in [-0.1, -0.05) is 47.1 Å². The van der Waals surface area contributed by atoms with E-state index < -0.39 is 0 Å². The lowest BCUT2D eigenvalue weighted by molar-refractivity contribution is 0.102. The van der Waals surface area contributed by atoms with Crippen LogP contribution in [0.4, 0.5) is 5.82 Å². The van der Waals surface area contributed by atoms with Crippen molar-refractivity contribution < 1.29 is 9.32 Å². The van der Waals surface area contributed by atoms with E-state index in [9.17, 15) is 4.79 Å². The predicted octanol–water partition coefficient (Wildman–Crippen LogP) is 4.76. The quantitative estimate of drug-likeness (QED) is 0.582. The minimum Gasteiger partial charge on any atom is -0.360 e. The molecule has 0 radical (unpaired) electrons.